The van der Waals surface area contributed by atoms with Crippen LogP contribution in [0.5, 0.6) is 0 Å². The van der Waals surface area contributed by atoms with Gasteiger partial charge in [0.1, 0.15) is 11.6 Å². The van der Waals surface area contributed by atoms with Crippen molar-refractivity contribution < 1.29 is 14.7 Å². The van der Waals surface area contributed by atoms with Crippen LogP contribution < -0.4 is 5.73 Å². The fraction of sp³-hybridized carbons (Fsp3) is 0.684. The Morgan fingerprint density at radius 2 is 1.88 bits per heavy atom. The molecule has 0 aromatic carbocycles. The Labute approximate surface area is 156 Å². The highest BCUT2D eigenvalue weighted by atomic mass is 16.3. The van der Waals surface area contributed by atoms with Gasteiger partial charge in [0.25, 0.3) is 6.47 Å². The van der Waals surface area contributed by atoms with E-state index in [0.29, 0.717) is 29.4 Å². The zero-order valence-electron chi connectivity index (χ0n) is 16.7. The third kappa shape index (κ3) is 6.28. The maximum Gasteiger partial charge on any atom is 0.290 e. The quantitative estimate of drug-likeness (QED) is 0.741. The van der Waals surface area contributed by atoms with Crippen LogP contribution in [0.2, 0.25) is 0 Å². The number of aromatic nitrogens is 2. The number of nitrogens with two attached hydrogens (primary N) is 1. The monoisotopic (exact) mass is 364 g/mol. The highest BCUT2D eigenvalue weighted by Gasteiger charge is 2.62. The average molecular weight is 364 g/mol. The van der Waals surface area contributed by atoms with Gasteiger partial charge < -0.3 is 15.7 Å². The second-order valence-electron chi connectivity index (χ2n) is 8.70. The van der Waals surface area contributed by atoms with E-state index in [1.807, 2.05) is 0 Å². The van der Waals surface area contributed by atoms with Gasteiger partial charge in [0.15, 0.2) is 0 Å². The highest BCUT2D eigenvalue weighted by molar-refractivity contribution is 5.77. The number of nitrogen functional groups attached to an aromatic ring is 1. The highest BCUT2D eigenvalue weighted by Crippen LogP contribution is 2.62. The molecule has 1 aliphatic heterocycles. The van der Waals surface area contributed by atoms with Crippen LogP contribution in [0.25, 0.3) is 0 Å². The predicted molar refractivity (Wildman–Crippen MR) is 101 cm³/mol. The third-order valence-corrected chi connectivity index (χ3v) is 4.95. The number of piperidine rings is 1. The number of hydrogen-bond acceptors (Lipinski definition) is 5. The van der Waals surface area contributed by atoms with Gasteiger partial charge in [-0.1, -0.05) is 34.6 Å². The lowest BCUT2D eigenvalue weighted by molar-refractivity contribution is -0.132. The minimum Gasteiger partial charge on any atom is -0.483 e. The molecule has 1 saturated carbocycles. The third-order valence-electron chi connectivity index (χ3n) is 4.95. The number of hydrogen-bond donors (Lipinski definition) is 2. The van der Waals surface area contributed by atoms with Crippen molar-refractivity contribution >= 4 is 18.2 Å². The van der Waals surface area contributed by atoms with E-state index < -0.39 is 0 Å². The van der Waals surface area contributed by atoms with Gasteiger partial charge in [-0.15, -0.1) is 0 Å². The van der Waals surface area contributed by atoms with Crippen molar-refractivity contribution in [1.82, 2.24) is 14.9 Å². The van der Waals surface area contributed by atoms with E-state index >= 15 is 0 Å². The van der Waals surface area contributed by atoms with Crippen LogP contribution in [-0.4, -0.2) is 45.4 Å². The minimum absolute atomic E-state index is 0.124. The van der Waals surface area contributed by atoms with Crippen molar-refractivity contribution in [2.24, 2.45) is 22.7 Å². The molecule has 1 saturated heterocycles. The first kappa shape index (κ1) is 21.9. The zero-order valence-corrected chi connectivity index (χ0v) is 16.7. The maximum absolute atomic E-state index is 12.0. The number of fused-ring (bicyclic) bond motifs is 1. The number of anilines is 1. The molecule has 1 amide bonds. The lowest BCUT2D eigenvalue weighted by Gasteiger charge is -2.26. The van der Waals surface area contributed by atoms with Gasteiger partial charge in [-0.25, -0.2) is 9.97 Å². The molecule has 1 aromatic heterocycles. The van der Waals surface area contributed by atoms with E-state index in [4.69, 9.17) is 15.6 Å². The maximum atomic E-state index is 12.0. The van der Waals surface area contributed by atoms with Gasteiger partial charge in [-0.05, 0) is 35.7 Å². The first-order valence-corrected chi connectivity index (χ1v) is 8.83. The van der Waals surface area contributed by atoms with E-state index in [2.05, 4.69) is 49.5 Å². The summed E-state index contributed by atoms with van der Waals surface area (Å²) in [6.07, 6.45) is 2.32. The number of carbonyl (C=O) groups is 2. The molecule has 1 aliphatic carbocycles. The Bertz CT molecular complexity index is 594. The molecule has 146 valence electrons. The van der Waals surface area contributed by atoms with Crippen molar-refractivity contribution in [3.63, 3.8) is 0 Å². The van der Waals surface area contributed by atoms with E-state index in [1.54, 1.807) is 19.2 Å². The van der Waals surface area contributed by atoms with Crippen LogP contribution in [0.15, 0.2) is 12.3 Å². The fourth-order valence-corrected chi connectivity index (χ4v) is 3.38. The number of carbonyl (C=O) groups excluding carboxylic acids is 1. The molecule has 0 radical (unpaired) electrons. The first-order chi connectivity index (χ1) is 11.9. The first-order valence-electron chi connectivity index (χ1n) is 8.83. The van der Waals surface area contributed by atoms with Gasteiger partial charge in [-0.2, -0.15) is 0 Å². The number of nitrogens with zero attached hydrogens (tertiary/aromatic N) is 3. The summed E-state index contributed by atoms with van der Waals surface area (Å²) in [6.45, 7) is 14.6. The molecule has 3 N–H and O–H groups in total. The van der Waals surface area contributed by atoms with Crippen LogP contribution >= 0.6 is 0 Å². The Morgan fingerprint density at radius 3 is 2.23 bits per heavy atom. The number of amides is 1. The van der Waals surface area contributed by atoms with E-state index in [9.17, 15) is 4.79 Å². The van der Waals surface area contributed by atoms with Crippen molar-refractivity contribution in [3.8, 4) is 0 Å². The lowest BCUT2D eigenvalue weighted by atomic mass is 9.91. The normalized spacial score (nSPS) is 22.2. The molecule has 0 spiro atoms. The van der Waals surface area contributed by atoms with E-state index in [0.717, 1.165) is 24.9 Å². The van der Waals surface area contributed by atoms with Crippen LogP contribution in [0.3, 0.4) is 0 Å². The Morgan fingerprint density at radius 1 is 1.38 bits per heavy atom. The van der Waals surface area contributed by atoms with Gasteiger partial charge >= 0.3 is 0 Å². The van der Waals surface area contributed by atoms with Crippen LogP contribution in [0.1, 0.15) is 46.9 Å². The average Bonchev–Trinajstić information content (AvgIpc) is 2.86. The molecule has 2 aliphatic rings. The Hall–Kier alpha value is -2.18. The largest absolute Gasteiger partial charge is 0.483 e. The molecular formula is C19H32N4O3. The molecule has 2 heterocycles. The summed E-state index contributed by atoms with van der Waals surface area (Å²) in [6, 6.07) is 1.66. The van der Waals surface area contributed by atoms with Crippen molar-refractivity contribution in [2.75, 3.05) is 18.8 Å². The second kappa shape index (κ2) is 8.47. The summed E-state index contributed by atoms with van der Waals surface area (Å²) < 4.78 is 0. The van der Waals surface area contributed by atoms with Gasteiger partial charge in [0.05, 0.1) is 0 Å². The van der Waals surface area contributed by atoms with E-state index in [1.165, 1.54) is 0 Å². The van der Waals surface area contributed by atoms with Crippen LogP contribution in [0, 0.1) is 29.6 Å². The summed E-state index contributed by atoms with van der Waals surface area (Å²) in [7, 11) is 0. The topological polar surface area (TPSA) is 109 Å². The van der Waals surface area contributed by atoms with Gasteiger partial charge in [0, 0.05) is 25.7 Å². The number of aryl methyl sites for hydroxylation is 1. The second-order valence-corrected chi connectivity index (χ2v) is 8.70. The predicted octanol–water partition coefficient (Wildman–Crippen LogP) is 2.61. The summed E-state index contributed by atoms with van der Waals surface area (Å²) in [4.78, 5) is 30.1. The molecule has 26 heavy (non-hydrogen) atoms. The van der Waals surface area contributed by atoms with Crippen LogP contribution in [-0.2, 0) is 9.59 Å². The molecule has 3 rings (SSSR count). The number of likely N-dealkylation sites (tertiary alicyclic amines) is 1. The number of rotatable bonds is 1. The summed E-state index contributed by atoms with van der Waals surface area (Å²) in [5.74, 6) is 3.15. The molecule has 2 unspecified atom stereocenters. The Balaban J connectivity index is 0.000000258. The van der Waals surface area contributed by atoms with Crippen molar-refractivity contribution in [1.29, 1.82) is 0 Å². The smallest absolute Gasteiger partial charge is 0.290 e. The standard InChI is InChI=1S/C13H23NO.C5H7N3.CH2O2/c1-12(2,3)6-11(15)14-7-9-10(8-14)13(9,4)5;1-4-7-3-2-5(6)8-4;2-1-3/h9-10H,6-8H2,1-5H3;2-3H,1H3,(H2,6,7,8);1H,(H,2,3). The summed E-state index contributed by atoms with van der Waals surface area (Å²) >= 11 is 0. The number of carboxylic acid groups (broad SMARTS) is 1. The molecule has 2 fully saturated rings. The van der Waals surface area contributed by atoms with Crippen LogP contribution in [0.4, 0.5) is 5.82 Å². The molecule has 2 atom stereocenters. The molecule has 1 aromatic rings. The lowest BCUT2D eigenvalue weighted by Crippen LogP contribution is -2.35. The summed E-state index contributed by atoms with van der Waals surface area (Å²) in [5.41, 5.74) is 5.94. The zero-order chi connectivity index (χ0) is 20.1. The molecule has 7 nitrogen and oxygen atoms in total. The van der Waals surface area contributed by atoms with Crippen molar-refractivity contribution in [3.05, 3.63) is 18.1 Å². The molecule has 0 bridgehead atoms. The summed E-state index contributed by atoms with van der Waals surface area (Å²) in [5, 5.41) is 6.89. The minimum atomic E-state index is -0.250. The van der Waals surface area contributed by atoms with Gasteiger partial charge in [0.2, 0.25) is 5.91 Å². The molecule has 7 heteroatoms. The molecular weight excluding hydrogens is 332 g/mol. The Kier molecular flexibility index (Phi) is 7.12. The van der Waals surface area contributed by atoms with E-state index in [-0.39, 0.29) is 11.9 Å². The SMILES string of the molecule is CC(C)(C)CC(=O)N1CC2C(C1)C2(C)C.Cc1nccc(N)n1.O=CO. The van der Waals surface area contributed by atoms with Crippen molar-refractivity contribution in [2.45, 2.75) is 48.0 Å². The van der Waals surface area contributed by atoms with Gasteiger partial charge in [-0.3, -0.25) is 9.59 Å². The fourth-order valence-electron chi connectivity index (χ4n) is 3.38.